The Kier molecular flexibility index (Phi) is 6.25. The molecule has 1 aliphatic heterocycles. The lowest BCUT2D eigenvalue weighted by Gasteiger charge is -2.22. The number of carbonyl (C=O) groups is 1. The monoisotopic (exact) mass is 371 g/mol. The van der Waals surface area contributed by atoms with Crippen molar-refractivity contribution in [2.45, 2.75) is 19.5 Å². The van der Waals surface area contributed by atoms with Gasteiger partial charge in [0.1, 0.15) is 0 Å². The van der Waals surface area contributed by atoms with Gasteiger partial charge in [-0.25, -0.2) is 10.9 Å². The van der Waals surface area contributed by atoms with Gasteiger partial charge in [-0.15, -0.1) is 0 Å². The third-order valence-corrected chi connectivity index (χ3v) is 4.45. The van der Waals surface area contributed by atoms with Gasteiger partial charge < -0.3 is 14.8 Å². The lowest BCUT2D eigenvalue weighted by molar-refractivity contribution is -0.120. The van der Waals surface area contributed by atoms with E-state index in [4.69, 9.17) is 9.47 Å². The van der Waals surface area contributed by atoms with Gasteiger partial charge in [-0.05, 0) is 31.0 Å². The second-order valence-corrected chi connectivity index (χ2v) is 6.38. The molecule has 0 saturated carbocycles. The fourth-order valence-corrected chi connectivity index (χ4v) is 3.07. The molecule has 8 heteroatoms. The minimum atomic E-state index is -0.359. The average Bonchev–Trinajstić information content (AvgIpc) is 3.20. The summed E-state index contributed by atoms with van der Waals surface area (Å²) in [6.07, 6.45) is 0.306. The van der Waals surface area contributed by atoms with Crippen LogP contribution in [-0.4, -0.2) is 26.3 Å². The molecule has 1 amide bonds. The third-order valence-electron chi connectivity index (χ3n) is 4.45. The molecule has 1 unspecified atom stereocenters. The summed E-state index contributed by atoms with van der Waals surface area (Å²) in [5.41, 5.74) is 14.5. The molecule has 1 atom stereocenters. The molecule has 1 heterocycles. The second-order valence-electron chi connectivity index (χ2n) is 6.38. The van der Waals surface area contributed by atoms with Gasteiger partial charge in [-0.3, -0.25) is 4.79 Å². The Hall–Kier alpha value is -2.65. The number of nitrogens with one attached hydrogen (secondary N) is 5. The van der Waals surface area contributed by atoms with Crippen LogP contribution >= 0.6 is 0 Å². The van der Waals surface area contributed by atoms with Crippen molar-refractivity contribution in [2.24, 2.45) is 5.92 Å². The van der Waals surface area contributed by atoms with E-state index in [9.17, 15) is 4.79 Å². The highest BCUT2D eigenvalue weighted by atomic mass is 16.5. The van der Waals surface area contributed by atoms with E-state index in [1.165, 1.54) is 0 Å². The fraction of sp³-hybridized carbons (Fsp3) is 0.316. The molecule has 1 fully saturated rings. The first-order valence-corrected chi connectivity index (χ1v) is 8.70. The molecule has 1 saturated heterocycles. The lowest BCUT2D eigenvalue weighted by Crippen LogP contribution is -2.47. The van der Waals surface area contributed by atoms with Gasteiger partial charge in [-0.1, -0.05) is 29.8 Å². The molecule has 0 aliphatic carbocycles. The van der Waals surface area contributed by atoms with Gasteiger partial charge >= 0.3 is 0 Å². The highest BCUT2D eigenvalue weighted by molar-refractivity contribution is 5.93. The lowest BCUT2D eigenvalue weighted by atomic mass is 9.94. The van der Waals surface area contributed by atoms with Crippen LogP contribution in [0.5, 0.6) is 11.5 Å². The second kappa shape index (κ2) is 8.83. The summed E-state index contributed by atoms with van der Waals surface area (Å²) in [5.74, 6) is 0.701. The number of aryl methyl sites for hydroxylation is 1. The molecule has 8 nitrogen and oxygen atoms in total. The van der Waals surface area contributed by atoms with Crippen molar-refractivity contribution >= 4 is 11.6 Å². The first kappa shape index (κ1) is 19.1. The average molecular weight is 371 g/mol. The molecule has 2 aromatic carbocycles. The zero-order chi connectivity index (χ0) is 19.2. The van der Waals surface area contributed by atoms with Gasteiger partial charge in [0.05, 0.1) is 26.3 Å². The Morgan fingerprint density at radius 2 is 1.81 bits per heavy atom. The Morgan fingerprint density at radius 1 is 1.07 bits per heavy atom. The SMILES string of the molecule is COc1ccc(NC(=O)C(Cc2cccc(C)c2)C2NNNN2)cc1OC. The molecule has 0 bridgehead atoms. The van der Waals surface area contributed by atoms with E-state index in [1.807, 2.05) is 25.1 Å². The fourth-order valence-electron chi connectivity index (χ4n) is 3.07. The number of hydrogen-bond acceptors (Lipinski definition) is 7. The van der Waals surface area contributed by atoms with E-state index in [0.717, 1.165) is 11.1 Å². The Morgan fingerprint density at radius 3 is 2.48 bits per heavy atom. The van der Waals surface area contributed by atoms with Gasteiger partial charge in [0.15, 0.2) is 11.5 Å². The summed E-state index contributed by atoms with van der Waals surface area (Å²) in [6.45, 7) is 2.04. The number of ether oxygens (including phenoxy) is 2. The van der Waals surface area contributed by atoms with Gasteiger partial charge in [-0.2, -0.15) is 11.1 Å². The summed E-state index contributed by atoms with van der Waals surface area (Å²) >= 11 is 0. The van der Waals surface area contributed by atoms with Crippen LogP contribution in [0, 0.1) is 12.8 Å². The molecule has 1 aliphatic rings. The van der Waals surface area contributed by atoms with Crippen LogP contribution < -0.4 is 36.7 Å². The smallest absolute Gasteiger partial charge is 0.230 e. The number of benzene rings is 2. The maximum atomic E-state index is 13.0. The van der Waals surface area contributed by atoms with Gasteiger partial charge in [0.25, 0.3) is 0 Å². The third kappa shape index (κ3) is 4.75. The van der Waals surface area contributed by atoms with Crippen molar-refractivity contribution in [1.29, 1.82) is 0 Å². The van der Waals surface area contributed by atoms with Crippen molar-refractivity contribution in [3.8, 4) is 11.5 Å². The molecule has 144 valence electrons. The van der Waals surface area contributed by atoms with E-state index in [2.05, 4.69) is 33.3 Å². The number of hydrazine groups is 3. The van der Waals surface area contributed by atoms with Crippen molar-refractivity contribution < 1.29 is 14.3 Å². The summed E-state index contributed by atoms with van der Waals surface area (Å²) < 4.78 is 10.5. The Balaban J connectivity index is 1.78. The Bertz CT molecular complexity index is 793. The molecule has 3 rings (SSSR count). The number of carbonyl (C=O) groups excluding carboxylic acids is 1. The number of rotatable bonds is 7. The maximum Gasteiger partial charge on any atom is 0.230 e. The zero-order valence-electron chi connectivity index (χ0n) is 15.6. The highest BCUT2D eigenvalue weighted by Gasteiger charge is 2.31. The van der Waals surface area contributed by atoms with Crippen molar-refractivity contribution in [3.63, 3.8) is 0 Å². The predicted octanol–water partition coefficient (Wildman–Crippen LogP) is 1.25. The van der Waals surface area contributed by atoms with E-state index < -0.39 is 0 Å². The van der Waals surface area contributed by atoms with E-state index in [-0.39, 0.29) is 18.0 Å². The first-order valence-electron chi connectivity index (χ1n) is 8.70. The highest BCUT2D eigenvalue weighted by Crippen LogP contribution is 2.30. The van der Waals surface area contributed by atoms with Crippen molar-refractivity contribution in [2.75, 3.05) is 19.5 Å². The summed E-state index contributed by atoms with van der Waals surface area (Å²) in [4.78, 5) is 13.0. The van der Waals surface area contributed by atoms with Crippen LogP contribution in [0.25, 0.3) is 0 Å². The van der Waals surface area contributed by atoms with Crippen LogP contribution in [0.1, 0.15) is 11.1 Å². The van der Waals surface area contributed by atoms with E-state index in [1.54, 1.807) is 32.4 Å². The minimum Gasteiger partial charge on any atom is -0.493 e. The predicted molar refractivity (Wildman–Crippen MR) is 103 cm³/mol. The summed E-state index contributed by atoms with van der Waals surface area (Å²) in [5, 5.41) is 2.97. The normalized spacial score (nSPS) is 15.4. The van der Waals surface area contributed by atoms with E-state index >= 15 is 0 Å². The van der Waals surface area contributed by atoms with Crippen molar-refractivity contribution in [3.05, 3.63) is 53.6 Å². The molecule has 0 radical (unpaired) electrons. The largest absolute Gasteiger partial charge is 0.493 e. The molecular weight excluding hydrogens is 346 g/mol. The number of amides is 1. The summed E-state index contributed by atoms with van der Waals surface area (Å²) in [7, 11) is 3.14. The Labute approximate surface area is 158 Å². The molecule has 27 heavy (non-hydrogen) atoms. The summed E-state index contributed by atoms with van der Waals surface area (Å²) in [6, 6.07) is 13.4. The van der Waals surface area contributed by atoms with Crippen LogP contribution in [-0.2, 0) is 11.2 Å². The van der Waals surface area contributed by atoms with E-state index in [0.29, 0.717) is 23.6 Å². The maximum absolute atomic E-state index is 13.0. The molecule has 2 aromatic rings. The van der Waals surface area contributed by atoms with Crippen LogP contribution in [0.3, 0.4) is 0 Å². The number of anilines is 1. The number of methoxy groups -OCH3 is 2. The minimum absolute atomic E-state index is 0.112. The van der Waals surface area contributed by atoms with Crippen LogP contribution in [0.15, 0.2) is 42.5 Å². The first-order chi connectivity index (χ1) is 13.1. The number of hydrogen-bond donors (Lipinski definition) is 5. The molecular formula is C19H25N5O3. The molecule has 5 N–H and O–H groups in total. The quantitative estimate of drug-likeness (QED) is 0.500. The molecule has 0 spiro atoms. The van der Waals surface area contributed by atoms with Crippen molar-refractivity contribution in [1.82, 2.24) is 21.9 Å². The van der Waals surface area contributed by atoms with Gasteiger partial charge in [0.2, 0.25) is 5.91 Å². The molecule has 0 aromatic heterocycles. The topological polar surface area (TPSA) is 95.7 Å². The van der Waals surface area contributed by atoms with Crippen LogP contribution in [0.4, 0.5) is 5.69 Å². The zero-order valence-corrected chi connectivity index (χ0v) is 15.6. The van der Waals surface area contributed by atoms with Crippen LogP contribution in [0.2, 0.25) is 0 Å². The standard InChI is InChI=1S/C19H25N5O3/c1-12-5-4-6-13(9-12)10-15(18-21-23-24-22-18)19(25)20-14-7-8-16(26-2)17(11-14)27-3/h4-9,11,15,18,21-24H,10H2,1-3H3,(H,20,25). The van der Waals surface area contributed by atoms with Gasteiger partial charge in [0, 0.05) is 11.8 Å².